The number of quaternary nitrogens is 1. The third-order valence-electron chi connectivity index (χ3n) is 4.87. The first-order chi connectivity index (χ1) is 13.8. The Morgan fingerprint density at radius 2 is 1.69 bits per heavy atom. The summed E-state index contributed by atoms with van der Waals surface area (Å²) in [6.45, 7) is 2.84. The minimum absolute atomic E-state index is 0.139. The Morgan fingerprint density at radius 1 is 1.07 bits per heavy atom. The largest absolute Gasteiger partial charge is 0.325 e. The van der Waals surface area contributed by atoms with Gasteiger partial charge in [0.05, 0.1) is 31.9 Å². The number of sulfonamides is 1. The van der Waals surface area contributed by atoms with Crippen molar-refractivity contribution in [2.24, 2.45) is 0 Å². The number of halogens is 1. The molecule has 2 aromatic rings. The molecule has 0 bridgehead atoms. The van der Waals surface area contributed by atoms with Crippen molar-refractivity contribution in [2.75, 3.05) is 38.0 Å². The van der Waals surface area contributed by atoms with E-state index in [1.165, 1.54) is 29.4 Å². The van der Waals surface area contributed by atoms with Crippen LogP contribution in [0.3, 0.4) is 0 Å². The molecule has 2 aromatic carbocycles. The predicted octanol–water partition coefficient (Wildman–Crippen LogP) is 0.556. The summed E-state index contributed by atoms with van der Waals surface area (Å²) < 4.78 is 40.4. The molecule has 0 saturated carbocycles. The fraction of sp³-hybridized carbons (Fsp3) is 0.300. The summed E-state index contributed by atoms with van der Waals surface area (Å²) in [5.41, 5.74) is 0.904. The van der Waals surface area contributed by atoms with Gasteiger partial charge in [-0.25, -0.2) is 12.8 Å². The third kappa shape index (κ3) is 4.87. The van der Waals surface area contributed by atoms with E-state index < -0.39 is 15.8 Å². The molecule has 0 atom stereocenters. The van der Waals surface area contributed by atoms with Gasteiger partial charge < -0.3 is 10.2 Å². The lowest BCUT2D eigenvalue weighted by Gasteiger charge is -2.31. The van der Waals surface area contributed by atoms with Gasteiger partial charge in [-0.3, -0.25) is 9.59 Å². The van der Waals surface area contributed by atoms with Crippen molar-refractivity contribution in [1.29, 1.82) is 0 Å². The number of anilines is 1. The van der Waals surface area contributed by atoms with Gasteiger partial charge in [-0.05, 0) is 31.2 Å². The van der Waals surface area contributed by atoms with Gasteiger partial charge in [0.1, 0.15) is 10.7 Å². The van der Waals surface area contributed by atoms with Crippen LogP contribution in [0.4, 0.5) is 10.1 Å². The van der Waals surface area contributed by atoms with E-state index in [9.17, 15) is 22.4 Å². The van der Waals surface area contributed by atoms with E-state index in [-0.39, 0.29) is 36.2 Å². The number of amides is 1. The summed E-state index contributed by atoms with van der Waals surface area (Å²) in [4.78, 5) is 24.6. The number of para-hydroxylation sites is 1. The number of piperazine rings is 1. The normalized spacial score (nSPS) is 15.8. The van der Waals surface area contributed by atoms with Crippen LogP contribution >= 0.6 is 0 Å². The Hall–Kier alpha value is -2.62. The van der Waals surface area contributed by atoms with Crippen molar-refractivity contribution in [1.82, 2.24) is 4.31 Å². The Kier molecular flexibility index (Phi) is 6.41. The lowest BCUT2D eigenvalue weighted by Crippen LogP contribution is -3.15. The van der Waals surface area contributed by atoms with Crippen LogP contribution < -0.4 is 10.2 Å². The van der Waals surface area contributed by atoms with E-state index >= 15 is 0 Å². The first kappa shape index (κ1) is 21.1. The predicted molar refractivity (Wildman–Crippen MR) is 106 cm³/mol. The number of rotatable bonds is 6. The van der Waals surface area contributed by atoms with Crippen molar-refractivity contribution in [2.45, 2.75) is 11.8 Å². The first-order valence-corrected chi connectivity index (χ1v) is 10.7. The average Bonchev–Trinajstić information content (AvgIpc) is 2.69. The summed E-state index contributed by atoms with van der Waals surface area (Å²) in [5.74, 6) is -1.16. The van der Waals surface area contributed by atoms with E-state index in [1.807, 2.05) is 0 Å². The van der Waals surface area contributed by atoms with Crippen molar-refractivity contribution in [3.05, 3.63) is 59.9 Å². The smallest absolute Gasteiger partial charge is 0.279 e. The van der Waals surface area contributed by atoms with Crippen molar-refractivity contribution in [3.63, 3.8) is 0 Å². The Bertz CT molecular complexity index is 1020. The zero-order valence-corrected chi connectivity index (χ0v) is 16.8. The second-order valence-electron chi connectivity index (χ2n) is 6.91. The lowest BCUT2D eigenvalue weighted by atomic mass is 10.1. The summed E-state index contributed by atoms with van der Waals surface area (Å²) in [6.07, 6.45) is 0. The van der Waals surface area contributed by atoms with Gasteiger partial charge in [0.25, 0.3) is 5.91 Å². The highest BCUT2D eigenvalue weighted by Crippen LogP contribution is 2.19. The van der Waals surface area contributed by atoms with E-state index in [1.54, 1.807) is 24.3 Å². The number of ketones is 1. The van der Waals surface area contributed by atoms with Crippen LogP contribution in [-0.2, 0) is 14.8 Å². The average molecular weight is 420 g/mol. The number of nitrogens with one attached hydrogen (secondary N) is 2. The number of hydrogen-bond acceptors (Lipinski definition) is 4. The number of nitrogens with zero attached hydrogens (tertiary/aromatic N) is 1. The van der Waals surface area contributed by atoms with Crippen LogP contribution in [0.15, 0.2) is 53.4 Å². The molecule has 0 unspecified atom stereocenters. The SMILES string of the molecule is CC(=O)c1ccccc1NC(=O)C[NH+]1CCN(S(=O)(=O)c2ccccc2F)CC1. The van der Waals surface area contributed by atoms with Gasteiger partial charge in [-0.1, -0.05) is 24.3 Å². The topological polar surface area (TPSA) is 88.0 Å². The minimum atomic E-state index is -3.90. The van der Waals surface area contributed by atoms with Gasteiger partial charge in [-0.15, -0.1) is 0 Å². The minimum Gasteiger partial charge on any atom is -0.325 e. The lowest BCUT2D eigenvalue weighted by molar-refractivity contribution is -0.895. The molecule has 9 heteroatoms. The molecule has 1 aliphatic heterocycles. The summed E-state index contributed by atoms with van der Waals surface area (Å²) >= 11 is 0. The van der Waals surface area contributed by atoms with Crippen molar-refractivity contribution >= 4 is 27.4 Å². The molecule has 1 amide bonds. The van der Waals surface area contributed by atoms with Gasteiger partial charge >= 0.3 is 0 Å². The quantitative estimate of drug-likeness (QED) is 0.669. The molecule has 0 spiro atoms. The highest BCUT2D eigenvalue weighted by molar-refractivity contribution is 7.89. The Morgan fingerprint density at radius 3 is 2.34 bits per heavy atom. The van der Waals surface area contributed by atoms with Crippen LogP contribution in [0, 0.1) is 5.82 Å². The van der Waals surface area contributed by atoms with Crippen LogP contribution in [0.5, 0.6) is 0 Å². The van der Waals surface area contributed by atoms with Crippen LogP contribution in [0.2, 0.25) is 0 Å². The monoisotopic (exact) mass is 420 g/mol. The number of carbonyl (C=O) groups excluding carboxylic acids is 2. The highest BCUT2D eigenvalue weighted by Gasteiger charge is 2.32. The zero-order valence-electron chi connectivity index (χ0n) is 16.0. The molecular weight excluding hydrogens is 397 g/mol. The van der Waals surface area contributed by atoms with E-state index in [0.29, 0.717) is 24.3 Å². The summed E-state index contributed by atoms with van der Waals surface area (Å²) in [6, 6.07) is 12.1. The molecule has 3 rings (SSSR count). The maximum Gasteiger partial charge on any atom is 0.279 e. The van der Waals surface area contributed by atoms with Crippen molar-refractivity contribution < 1.29 is 27.3 Å². The molecule has 1 aliphatic rings. The molecule has 1 fully saturated rings. The number of benzene rings is 2. The van der Waals surface area contributed by atoms with Gasteiger partial charge in [0.2, 0.25) is 10.0 Å². The van der Waals surface area contributed by atoms with Crippen LogP contribution in [0.1, 0.15) is 17.3 Å². The van der Waals surface area contributed by atoms with E-state index in [2.05, 4.69) is 5.32 Å². The van der Waals surface area contributed by atoms with E-state index in [4.69, 9.17) is 0 Å². The molecule has 7 nitrogen and oxygen atoms in total. The number of hydrogen-bond donors (Lipinski definition) is 2. The second kappa shape index (κ2) is 8.81. The molecular formula is C20H23FN3O4S+. The summed E-state index contributed by atoms with van der Waals surface area (Å²) in [5, 5.41) is 2.75. The number of carbonyl (C=O) groups is 2. The molecule has 0 aromatic heterocycles. The zero-order chi connectivity index (χ0) is 21.0. The van der Waals surface area contributed by atoms with Gasteiger partial charge in [0.15, 0.2) is 12.3 Å². The molecule has 29 heavy (non-hydrogen) atoms. The highest BCUT2D eigenvalue weighted by atomic mass is 32.2. The van der Waals surface area contributed by atoms with Crippen LogP contribution in [0.25, 0.3) is 0 Å². The second-order valence-corrected chi connectivity index (χ2v) is 8.82. The Labute approximate surface area is 169 Å². The fourth-order valence-corrected chi connectivity index (χ4v) is 4.84. The standard InChI is InChI=1S/C20H22FN3O4S/c1-15(25)16-6-2-4-8-18(16)22-20(26)14-23-10-12-24(13-11-23)29(27,28)19-9-5-3-7-17(19)21/h2-9H,10-14H2,1H3,(H,22,26)/p+1. The number of Topliss-reactive ketones (excluding diaryl/α,β-unsaturated/α-hetero) is 1. The Balaban J connectivity index is 1.58. The molecule has 1 heterocycles. The molecule has 0 radical (unpaired) electrons. The molecule has 154 valence electrons. The maximum atomic E-state index is 13.9. The molecule has 2 N–H and O–H groups in total. The first-order valence-electron chi connectivity index (χ1n) is 9.27. The third-order valence-corrected chi connectivity index (χ3v) is 6.81. The van der Waals surface area contributed by atoms with Crippen LogP contribution in [-0.4, -0.2) is 57.1 Å². The van der Waals surface area contributed by atoms with Gasteiger partial charge in [0, 0.05) is 5.56 Å². The van der Waals surface area contributed by atoms with E-state index in [0.717, 1.165) is 11.0 Å². The van der Waals surface area contributed by atoms with Gasteiger partial charge in [-0.2, -0.15) is 4.31 Å². The summed E-state index contributed by atoms with van der Waals surface area (Å²) in [7, 11) is -3.90. The fourth-order valence-electron chi connectivity index (χ4n) is 3.33. The maximum absolute atomic E-state index is 13.9. The molecule has 1 saturated heterocycles. The van der Waals surface area contributed by atoms with Crippen molar-refractivity contribution in [3.8, 4) is 0 Å². The molecule has 0 aliphatic carbocycles.